The summed E-state index contributed by atoms with van der Waals surface area (Å²) in [5.41, 5.74) is 10.6. The van der Waals surface area contributed by atoms with Gasteiger partial charge in [-0.25, -0.2) is 0 Å². The van der Waals surface area contributed by atoms with Gasteiger partial charge in [0.25, 0.3) is 0 Å². The Morgan fingerprint density at radius 3 is 0.891 bits per heavy atom. The van der Waals surface area contributed by atoms with E-state index in [1.165, 1.54) is 126 Å². The molecule has 0 saturated heterocycles. The van der Waals surface area contributed by atoms with E-state index in [0.29, 0.717) is 0 Å². The van der Waals surface area contributed by atoms with Crippen LogP contribution in [-0.4, -0.2) is 28.8 Å². The van der Waals surface area contributed by atoms with Crippen LogP contribution in [0.5, 0.6) is 0 Å². The van der Waals surface area contributed by atoms with Gasteiger partial charge >= 0.3 is 0 Å². The summed E-state index contributed by atoms with van der Waals surface area (Å²) >= 11 is 1.87. The lowest BCUT2D eigenvalue weighted by atomic mass is 9.90. The van der Waals surface area contributed by atoms with Crippen LogP contribution in [0.1, 0.15) is 0 Å². The summed E-state index contributed by atoms with van der Waals surface area (Å²) in [7, 11) is -9.07. The fourth-order valence-electron chi connectivity index (χ4n) is 16.8. The average molecular weight is 1350 g/mol. The molecular formula is C96H69NSSi3. The fraction of sp³-hybridized carbons (Fsp3) is 0. The smallest absolute Gasteiger partial charge is 0.179 e. The molecule has 101 heavy (non-hydrogen) atoms. The van der Waals surface area contributed by atoms with E-state index in [2.05, 4.69) is 423 Å². The first kappa shape index (κ1) is 61.5. The zero-order valence-corrected chi connectivity index (χ0v) is 59.5. The molecule has 0 unspecified atom stereocenters. The molecule has 0 atom stereocenters. The Morgan fingerprint density at radius 1 is 0.178 bits per heavy atom. The summed E-state index contributed by atoms with van der Waals surface area (Å²) in [4.78, 5) is 0. The summed E-state index contributed by atoms with van der Waals surface area (Å²) in [5, 5.41) is 21.2. The van der Waals surface area contributed by atoms with Crippen molar-refractivity contribution >= 4 is 140 Å². The van der Waals surface area contributed by atoms with E-state index in [-0.39, 0.29) is 0 Å². The lowest BCUT2D eigenvalue weighted by Gasteiger charge is -2.38. The Kier molecular flexibility index (Phi) is 15.9. The van der Waals surface area contributed by atoms with Crippen molar-refractivity contribution in [3.63, 3.8) is 0 Å². The molecule has 476 valence electrons. The number of nitrogens with zero attached hydrogens (tertiary/aromatic N) is 1. The van der Waals surface area contributed by atoms with Gasteiger partial charge < -0.3 is 4.57 Å². The molecule has 0 N–H and O–H groups in total. The lowest BCUT2D eigenvalue weighted by Crippen LogP contribution is -2.77. The van der Waals surface area contributed by atoms with Crippen LogP contribution in [0.2, 0.25) is 0 Å². The maximum atomic E-state index is 2.53. The lowest BCUT2D eigenvalue weighted by molar-refractivity contribution is 1.18. The van der Waals surface area contributed by atoms with E-state index in [1.807, 2.05) is 11.3 Å². The monoisotopic (exact) mass is 1350 g/mol. The van der Waals surface area contributed by atoms with Crippen LogP contribution >= 0.6 is 11.3 Å². The summed E-state index contributed by atoms with van der Waals surface area (Å²) in [6, 6.07) is 159. The molecule has 0 aliphatic heterocycles. The molecule has 0 amide bonds. The van der Waals surface area contributed by atoms with Gasteiger partial charge in [-0.2, -0.15) is 0 Å². The molecule has 0 aliphatic carbocycles. The highest BCUT2D eigenvalue weighted by Gasteiger charge is 2.46. The van der Waals surface area contributed by atoms with Crippen LogP contribution in [0.25, 0.3) is 81.0 Å². The van der Waals surface area contributed by atoms with Gasteiger partial charge in [0.1, 0.15) is 0 Å². The molecule has 2 heterocycles. The Balaban J connectivity index is 0.856. The quantitative estimate of drug-likeness (QED) is 0.0671. The third kappa shape index (κ3) is 10.4. The van der Waals surface area contributed by atoms with Crippen molar-refractivity contribution in [2.24, 2.45) is 0 Å². The van der Waals surface area contributed by atoms with Crippen LogP contribution in [0.15, 0.2) is 419 Å². The first-order chi connectivity index (χ1) is 50.1. The third-order valence-electron chi connectivity index (χ3n) is 21.3. The fourth-order valence-corrected chi connectivity index (χ4v) is 32.1. The van der Waals surface area contributed by atoms with E-state index in [4.69, 9.17) is 0 Å². The van der Waals surface area contributed by atoms with Gasteiger partial charge in [0.05, 0.1) is 11.0 Å². The molecule has 0 fully saturated rings. The Hall–Kier alpha value is -11.8. The summed E-state index contributed by atoms with van der Waals surface area (Å²) in [5.74, 6) is 0. The molecule has 0 aliphatic rings. The van der Waals surface area contributed by atoms with Gasteiger partial charge in [0, 0.05) is 36.6 Å². The number of benzene rings is 16. The molecule has 0 radical (unpaired) electrons. The van der Waals surface area contributed by atoms with Crippen molar-refractivity contribution in [1.82, 2.24) is 4.57 Å². The van der Waals surface area contributed by atoms with Crippen molar-refractivity contribution in [3.05, 3.63) is 419 Å². The van der Waals surface area contributed by atoms with Crippen LogP contribution in [0.4, 0.5) is 0 Å². The van der Waals surface area contributed by atoms with Gasteiger partial charge in [-0.3, -0.25) is 0 Å². The number of fused-ring (bicyclic) bond motifs is 6. The second-order valence-corrected chi connectivity index (χ2v) is 39.0. The maximum Gasteiger partial charge on any atom is 0.179 e. The predicted molar refractivity (Wildman–Crippen MR) is 441 cm³/mol. The third-order valence-corrected chi connectivity index (χ3v) is 36.8. The zero-order valence-electron chi connectivity index (χ0n) is 55.7. The van der Waals surface area contributed by atoms with Crippen molar-refractivity contribution < 1.29 is 0 Å². The van der Waals surface area contributed by atoms with E-state index >= 15 is 0 Å². The molecule has 0 bridgehead atoms. The van der Waals surface area contributed by atoms with Gasteiger partial charge in [0.15, 0.2) is 24.2 Å². The molecule has 0 spiro atoms. The highest BCUT2D eigenvalue weighted by atomic mass is 32.1. The molecule has 5 heteroatoms. The number of hydrogen-bond donors (Lipinski definition) is 0. The van der Waals surface area contributed by atoms with Crippen molar-refractivity contribution in [1.29, 1.82) is 0 Å². The number of rotatable bonds is 16. The zero-order chi connectivity index (χ0) is 67.2. The summed E-state index contributed by atoms with van der Waals surface area (Å²) in [6.07, 6.45) is 0. The second-order valence-electron chi connectivity index (χ2n) is 26.5. The average Bonchev–Trinajstić information content (AvgIpc) is 1.61. The minimum Gasteiger partial charge on any atom is -0.309 e. The molecule has 16 aromatic carbocycles. The normalized spacial score (nSPS) is 12.0. The molecule has 18 aromatic rings. The number of para-hydroxylation sites is 2. The molecule has 18 rings (SSSR count). The minimum absolute atomic E-state index is 1.13. The van der Waals surface area contributed by atoms with Crippen molar-refractivity contribution in [3.8, 4) is 39.1 Å². The summed E-state index contributed by atoms with van der Waals surface area (Å²) < 4.78 is 5.05. The first-order valence-electron chi connectivity index (χ1n) is 34.9. The maximum absolute atomic E-state index is 3.29. The van der Waals surface area contributed by atoms with Gasteiger partial charge in [-0.15, -0.1) is 11.3 Å². The van der Waals surface area contributed by atoms with Crippen LogP contribution < -0.4 is 62.2 Å². The van der Waals surface area contributed by atoms with Crippen LogP contribution in [-0.2, 0) is 0 Å². The van der Waals surface area contributed by atoms with Crippen LogP contribution in [0.3, 0.4) is 0 Å². The SMILES string of the molecule is c1ccc([Si](c2ccccc2)(c2ccccc2)c2ccc([Si](c3ccccc3)(c3ccc(-c4ccc(-c5ccc6sc7ccccc7c6c5)cc4-c4cccc(-n5c6ccccc6c6ccccc65)c4)cc3)c3ccc([Si](c4ccccc4)(c4ccccc4)c4ccccc4)cc3)cc2)cc1. The van der Waals surface area contributed by atoms with Gasteiger partial charge in [-0.05, 0) is 144 Å². The molecule has 0 saturated carbocycles. The van der Waals surface area contributed by atoms with Crippen molar-refractivity contribution in [2.75, 3.05) is 0 Å². The largest absolute Gasteiger partial charge is 0.309 e. The topological polar surface area (TPSA) is 4.93 Å². The Morgan fingerprint density at radius 2 is 0.485 bits per heavy atom. The highest BCUT2D eigenvalue weighted by Crippen LogP contribution is 2.41. The van der Waals surface area contributed by atoms with Crippen molar-refractivity contribution in [2.45, 2.75) is 0 Å². The highest BCUT2D eigenvalue weighted by molar-refractivity contribution is 7.26. The molecule has 2 aromatic heterocycles. The number of thiophene rings is 1. The molecule has 1 nitrogen and oxygen atoms in total. The standard InChI is InChI=1S/C96H69NSSi3/c1-8-31-75(32-9-1)99(76-33-10-2-11-34-76,77-35-12-3-13-36-77)83-57-61-85(62-58-83)101(81-43-20-7-21-44-81,86-63-59-84(60-64-86)100(78-37-14-4-15-38-78,79-39-16-5-17-40-79)80-41-18-6-19-42-80)82-55-51-70(52-56-82)87-65-53-71(72-54-66-96-92(69-72)90-47-24-27-50-95(90)98-96)68-91(87)73-29-28-30-74(67-73)97-93-48-25-22-45-88(93)89-46-23-26-49-94(89)97/h1-69H. The first-order valence-corrected chi connectivity index (χ1v) is 41.8. The van der Waals surface area contributed by atoms with Crippen LogP contribution in [0, 0.1) is 0 Å². The Bertz CT molecular complexity index is 5550. The number of aromatic nitrogens is 1. The second kappa shape index (κ2) is 26.1. The van der Waals surface area contributed by atoms with Gasteiger partial charge in [-0.1, -0.05) is 370 Å². The summed E-state index contributed by atoms with van der Waals surface area (Å²) in [6.45, 7) is 0. The number of hydrogen-bond acceptors (Lipinski definition) is 1. The van der Waals surface area contributed by atoms with E-state index in [9.17, 15) is 0 Å². The van der Waals surface area contributed by atoms with E-state index in [1.54, 1.807) is 0 Å². The van der Waals surface area contributed by atoms with E-state index < -0.39 is 24.2 Å². The minimum atomic E-state index is -3.29. The van der Waals surface area contributed by atoms with Gasteiger partial charge in [0.2, 0.25) is 0 Å². The predicted octanol–water partition coefficient (Wildman–Crippen LogP) is 16.3. The molecular weight excluding hydrogens is 1280 g/mol. The Labute approximate surface area is 597 Å². The van der Waals surface area contributed by atoms with E-state index in [0.717, 1.165) is 16.8 Å².